The van der Waals surface area contributed by atoms with Crippen molar-refractivity contribution in [2.45, 2.75) is 32.2 Å². The van der Waals surface area contributed by atoms with E-state index in [1.165, 1.54) is 10.4 Å². The number of anilines is 1. The summed E-state index contributed by atoms with van der Waals surface area (Å²) in [4.78, 5) is 15.2. The summed E-state index contributed by atoms with van der Waals surface area (Å²) >= 11 is 0. The SMILES string of the molecule is CCN(CC)c1ccc(CNC(=O)c2cc(S(=O)(=O)N3CCOCC3)ccc2C)cc1. The normalized spacial score (nSPS) is 14.9. The van der Waals surface area contributed by atoms with Crippen molar-refractivity contribution < 1.29 is 17.9 Å². The van der Waals surface area contributed by atoms with Crippen molar-refractivity contribution in [3.8, 4) is 0 Å². The molecule has 1 aliphatic rings. The Morgan fingerprint density at radius 2 is 1.71 bits per heavy atom. The molecular formula is C23H31N3O4S. The Hall–Kier alpha value is -2.42. The van der Waals surface area contributed by atoms with Gasteiger partial charge in [-0.2, -0.15) is 4.31 Å². The molecule has 31 heavy (non-hydrogen) atoms. The molecule has 0 atom stereocenters. The molecule has 7 nitrogen and oxygen atoms in total. The van der Waals surface area contributed by atoms with E-state index in [4.69, 9.17) is 4.74 Å². The molecule has 1 saturated heterocycles. The number of hydrogen-bond donors (Lipinski definition) is 1. The van der Waals surface area contributed by atoms with Gasteiger partial charge in [0.05, 0.1) is 18.1 Å². The molecule has 1 amide bonds. The average molecular weight is 446 g/mol. The van der Waals surface area contributed by atoms with Crippen LogP contribution in [-0.4, -0.2) is 58.0 Å². The van der Waals surface area contributed by atoms with Gasteiger partial charge < -0.3 is 15.0 Å². The number of hydrogen-bond acceptors (Lipinski definition) is 5. The Morgan fingerprint density at radius 3 is 2.32 bits per heavy atom. The first-order valence-electron chi connectivity index (χ1n) is 10.7. The standard InChI is InChI=1S/C23H31N3O4S/c1-4-25(5-2)20-9-7-19(8-10-20)17-24-23(27)22-16-21(11-6-18(22)3)31(28,29)26-12-14-30-15-13-26/h6-11,16H,4-5,12-15,17H2,1-3H3,(H,24,27). The van der Waals surface area contributed by atoms with Crippen molar-refractivity contribution in [2.24, 2.45) is 0 Å². The van der Waals surface area contributed by atoms with Crippen molar-refractivity contribution >= 4 is 21.6 Å². The minimum absolute atomic E-state index is 0.133. The van der Waals surface area contributed by atoms with Crippen LogP contribution in [0.3, 0.4) is 0 Å². The van der Waals surface area contributed by atoms with E-state index < -0.39 is 10.0 Å². The molecule has 0 saturated carbocycles. The van der Waals surface area contributed by atoms with E-state index in [9.17, 15) is 13.2 Å². The smallest absolute Gasteiger partial charge is 0.251 e. The molecule has 0 bridgehead atoms. The molecule has 0 radical (unpaired) electrons. The summed E-state index contributed by atoms with van der Waals surface area (Å²) in [5, 5.41) is 2.91. The van der Waals surface area contributed by atoms with Gasteiger partial charge in [-0.3, -0.25) is 4.79 Å². The number of carbonyl (C=O) groups excluding carboxylic acids is 1. The number of aryl methyl sites for hydroxylation is 1. The van der Waals surface area contributed by atoms with Crippen LogP contribution in [0.4, 0.5) is 5.69 Å². The number of rotatable bonds is 8. The Bertz CT molecular complexity index is 996. The maximum atomic E-state index is 12.9. The average Bonchev–Trinajstić information content (AvgIpc) is 2.80. The Morgan fingerprint density at radius 1 is 1.06 bits per heavy atom. The zero-order valence-corrected chi connectivity index (χ0v) is 19.2. The third-order valence-corrected chi connectivity index (χ3v) is 7.47. The van der Waals surface area contributed by atoms with Crippen LogP contribution in [0.1, 0.15) is 35.3 Å². The molecule has 3 rings (SSSR count). The first-order valence-corrected chi connectivity index (χ1v) is 12.1. The molecule has 8 heteroatoms. The van der Waals surface area contributed by atoms with Gasteiger partial charge >= 0.3 is 0 Å². The summed E-state index contributed by atoms with van der Waals surface area (Å²) in [6.07, 6.45) is 0. The lowest BCUT2D eigenvalue weighted by atomic mass is 10.1. The summed E-state index contributed by atoms with van der Waals surface area (Å²) in [6, 6.07) is 12.8. The highest BCUT2D eigenvalue weighted by Crippen LogP contribution is 2.21. The summed E-state index contributed by atoms with van der Waals surface area (Å²) in [5.74, 6) is -0.288. The van der Waals surface area contributed by atoms with Gasteiger partial charge in [0.15, 0.2) is 0 Å². The van der Waals surface area contributed by atoms with Gasteiger partial charge in [0, 0.05) is 44.0 Å². The van der Waals surface area contributed by atoms with Crippen LogP contribution >= 0.6 is 0 Å². The number of ether oxygens (including phenoxy) is 1. The third kappa shape index (κ3) is 5.44. The van der Waals surface area contributed by atoms with E-state index >= 15 is 0 Å². The van der Waals surface area contributed by atoms with Crippen molar-refractivity contribution in [2.75, 3.05) is 44.3 Å². The number of benzene rings is 2. The predicted molar refractivity (Wildman–Crippen MR) is 122 cm³/mol. The molecule has 2 aromatic carbocycles. The van der Waals surface area contributed by atoms with Gasteiger partial charge in [-0.15, -0.1) is 0 Å². The van der Waals surface area contributed by atoms with Gasteiger partial charge in [0.1, 0.15) is 0 Å². The number of carbonyl (C=O) groups is 1. The highest BCUT2D eigenvalue weighted by molar-refractivity contribution is 7.89. The summed E-state index contributed by atoms with van der Waals surface area (Å²) in [7, 11) is -3.65. The lowest BCUT2D eigenvalue weighted by Crippen LogP contribution is -2.40. The molecule has 168 valence electrons. The number of nitrogens with zero attached hydrogens (tertiary/aromatic N) is 2. The van der Waals surface area contributed by atoms with Crippen LogP contribution in [0.25, 0.3) is 0 Å². The number of morpholine rings is 1. The Kier molecular flexibility index (Phi) is 7.69. The van der Waals surface area contributed by atoms with E-state index in [1.807, 2.05) is 12.1 Å². The predicted octanol–water partition coefficient (Wildman–Crippen LogP) is 2.79. The highest BCUT2D eigenvalue weighted by Gasteiger charge is 2.27. The zero-order chi connectivity index (χ0) is 22.4. The molecule has 0 spiro atoms. The van der Waals surface area contributed by atoms with Gasteiger partial charge in [0.25, 0.3) is 5.91 Å². The first kappa shape index (κ1) is 23.2. The van der Waals surface area contributed by atoms with Crippen molar-refractivity contribution in [1.82, 2.24) is 9.62 Å². The van der Waals surface area contributed by atoms with Gasteiger partial charge in [-0.05, 0) is 56.2 Å². The minimum atomic E-state index is -3.65. The number of amides is 1. The van der Waals surface area contributed by atoms with Crippen molar-refractivity contribution in [3.63, 3.8) is 0 Å². The van der Waals surface area contributed by atoms with Crippen LogP contribution in [0.15, 0.2) is 47.4 Å². The molecule has 0 aromatic heterocycles. The largest absolute Gasteiger partial charge is 0.379 e. The second-order valence-electron chi connectivity index (χ2n) is 7.51. The topological polar surface area (TPSA) is 79.0 Å². The summed E-state index contributed by atoms with van der Waals surface area (Å²) in [6.45, 7) is 9.70. The lowest BCUT2D eigenvalue weighted by Gasteiger charge is -2.26. The van der Waals surface area contributed by atoms with E-state index in [2.05, 4.69) is 36.2 Å². The lowest BCUT2D eigenvalue weighted by molar-refractivity contribution is 0.0730. The van der Waals surface area contributed by atoms with Crippen molar-refractivity contribution in [1.29, 1.82) is 0 Å². The quantitative estimate of drug-likeness (QED) is 0.676. The summed E-state index contributed by atoms with van der Waals surface area (Å²) < 4.78 is 32.5. The molecule has 2 aromatic rings. The first-order chi connectivity index (χ1) is 14.9. The third-order valence-electron chi connectivity index (χ3n) is 5.58. The fourth-order valence-electron chi connectivity index (χ4n) is 3.63. The van der Waals surface area contributed by atoms with Crippen LogP contribution in [0, 0.1) is 6.92 Å². The van der Waals surface area contributed by atoms with Crippen LogP contribution < -0.4 is 10.2 Å². The fraction of sp³-hybridized carbons (Fsp3) is 0.435. The maximum absolute atomic E-state index is 12.9. The number of nitrogens with one attached hydrogen (secondary N) is 1. The van der Waals surface area contributed by atoms with Crippen LogP contribution in [0.5, 0.6) is 0 Å². The second kappa shape index (κ2) is 10.3. The molecule has 0 unspecified atom stereocenters. The Labute approximate surface area is 185 Å². The van der Waals surface area contributed by atoms with Gasteiger partial charge in [-0.25, -0.2) is 8.42 Å². The molecule has 1 N–H and O–H groups in total. The molecule has 0 aliphatic carbocycles. The van der Waals surface area contributed by atoms with Crippen LogP contribution in [-0.2, 0) is 21.3 Å². The maximum Gasteiger partial charge on any atom is 0.251 e. The molecule has 1 fully saturated rings. The van der Waals surface area contributed by atoms with Crippen molar-refractivity contribution in [3.05, 3.63) is 59.2 Å². The van der Waals surface area contributed by atoms with Crippen LogP contribution in [0.2, 0.25) is 0 Å². The second-order valence-corrected chi connectivity index (χ2v) is 9.45. The number of sulfonamides is 1. The Balaban J connectivity index is 1.71. The highest BCUT2D eigenvalue weighted by atomic mass is 32.2. The van der Waals surface area contributed by atoms with E-state index in [1.54, 1.807) is 19.1 Å². The molecule has 1 aliphatic heterocycles. The van der Waals surface area contributed by atoms with E-state index in [-0.39, 0.29) is 10.8 Å². The monoisotopic (exact) mass is 445 g/mol. The van der Waals surface area contributed by atoms with E-state index in [0.29, 0.717) is 38.4 Å². The van der Waals surface area contributed by atoms with E-state index in [0.717, 1.165) is 29.9 Å². The summed E-state index contributed by atoms with van der Waals surface area (Å²) in [5.41, 5.74) is 3.24. The fourth-order valence-corrected chi connectivity index (χ4v) is 5.07. The minimum Gasteiger partial charge on any atom is -0.379 e. The molecular weight excluding hydrogens is 414 g/mol. The molecule has 1 heterocycles. The van der Waals surface area contributed by atoms with Gasteiger partial charge in [-0.1, -0.05) is 18.2 Å². The zero-order valence-electron chi connectivity index (χ0n) is 18.4. The van der Waals surface area contributed by atoms with Gasteiger partial charge in [0.2, 0.25) is 10.0 Å².